The second kappa shape index (κ2) is 4.31. The number of carboxylic acids is 1. The zero-order valence-electron chi connectivity index (χ0n) is 9.50. The van der Waals surface area contributed by atoms with Crippen LogP contribution in [0.4, 0.5) is 0 Å². The SMILES string of the molecule is Cl.O=C(O)[C@]12C[C@H]1CN(Cc1ccccc1)C2. The molecule has 0 amide bonds. The van der Waals surface area contributed by atoms with Crippen LogP contribution >= 0.6 is 12.4 Å². The summed E-state index contributed by atoms with van der Waals surface area (Å²) in [6.07, 6.45) is 0.883. The number of rotatable bonds is 3. The highest BCUT2D eigenvalue weighted by atomic mass is 35.5. The Balaban J connectivity index is 0.00000108. The van der Waals surface area contributed by atoms with E-state index in [4.69, 9.17) is 0 Å². The predicted octanol–water partition coefficient (Wildman–Crippen LogP) is 2.01. The second-order valence-corrected chi connectivity index (χ2v) is 5.02. The average molecular weight is 254 g/mol. The molecular formula is C13H16ClNO2. The van der Waals surface area contributed by atoms with E-state index in [-0.39, 0.29) is 12.4 Å². The first-order chi connectivity index (χ1) is 7.71. The van der Waals surface area contributed by atoms with Crippen molar-refractivity contribution in [1.29, 1.82) is 0 Å². The number of hydrogen-bond acceptors (Lipinski definition) is 2. The van der Waals surface area contributed by atoms with Crippen LogP contribution in [0.15, 0.2) is 30.3 Å². The zero-order chi connectivity index (χ0) is 11.2. The van der Waals surface area contributed by atoms with E-state index in [0.29, 0.717) is 5.92 Å². The van der Waals surface area contributed by atoms with Gasteiger partial charge in [0, 0.05) is 19.6 Å². The van der Waals surface area contributed by atoms with Crippen LogP contribution in [0.1, 0.15) is 12.0 Å². The number of piperidine rings is 1. The van der Waals surface area contributed by atoms with Gasteiger partial charge in [-0.2, -0.15) is 0 Å². The molecule has 0 bridgehead atoms. The first-order valence-electron chi connectivity index (χ1n) is 5.70. The summed E-state index contributed by atoms with van der Waals surface area (Å²) in [5, 5.41) is 9.17. The molecule has 1 aliphatic carbocycles. The zero-order valence-corrected chi connectivity index (χ0v) is 10.3. The van der Waals surface area contributed by atoms with Gasteiger partial charge in [-0.05, 0) is 17.9 Å². The van der Waals surface area contributed by atoms with Crippen LogP contribution in [-0.2, 0) is 11.3 Å². The molecule has 1 saturated carbocycles. The van der Waals surface area contributed by atoms with E-state index in [2.05, 4.69) is 17.0 Å². The molecule has 1 aromatic rings. The van der Waals surface area contributed by atoms with E-state index in [1.165, 1.54) is 5.56 Å². The molecule has 0 aromatic heterocycles. The van der Waals surface area contributed by atoms with Gasteiger partial charge < -0.3 is 5.11 Å². The van der Waals surface area contributed by atoms with Crippen LogP contribution in [0.3, 0.4) is 0 Å². The molecule has 0 spiro atoms. The van der Waals surface area contributed by atoms with Gasteiger partial charge in [0.25, 0.3) is 0 Å². The highest BCUT2D eigenvalue weighted by Gasteiger charge is 2.65. The molecule has 92 valence electrons. The van der Waals surface area contributed by atoms with Gasteiger partial charge in [0.1, 0.15) is 0 Å². The molecule has 1 heterocycles. The number of carbonyl (C=O) groups is 1. The topological polar surface area (TPSA) is 40.5 Å². The summed E-state index contributed by atoms with van der Waals surface area (Å²) in [4.78, 5) is 13.4. The van der Waals surface area contributed by atoms with Crippen LogP contribution in [-0.4, -0.2) is 29.1 Å². The Morgan fingerprint density at radius 1 is 1.41 bits per heavy atom. The van der Waals surface area contributed by atoms with Crippen molar-refractivity contribution in [2.75, 3.05) is 13.1 Å². The van der Waals surface area contributed by atoms with Crippen LogP contribution in [0, 0.1) is 11.3 Å². The maximum absolute atomic E-state index is 11.1. The standard InChI is InChI=1S/C13H15NO2.ClH/c15-12(16)13-6-11(13)8-14(9-13)7-10-4-2-1-3-5-10;/h1-5,11H,6-9H2,(H,15,16);1H/t11-,13-;/m0./s1. The van der Waals surface area contributed by atoms with Gasteiger partial charge in [0.2, 0.25) is 0 Å². The maximum atomic E-state index is 11.1. The molecule has 3 nitrogen and oxygen atoms in total. The molecule has 1 N–H and O–H groups in total. The summed E-state index contributed by atoms with van der Waals surface area (Å²) >= 11 is 0. The molecule has 1 aliphatic heterocycles. The van der Waals surface area contributed by atoms with Gasteiger partial charge in [0.05, 0.1) is 5.41 Å². The summed E-state index contributed by atoms with van der Waals surface area (Å²) in [5.74, 6) is -0.207. The molecule has 17 heavy (non-hydrogen) atoms. The monoisotopic (exact) mass is 253 g/mol. The normalized spacial score (nSPS) is 30.5. The molecule has 0 unspecified atom stereocenters. The Labute approximate surface area is 107 Å². The average Bonchev–Trinajstić information content (AvgIpc) is 2.84. The highest BCUT2D eigenvalue weighted by Crippen LogP contribution is 2.58. The van der Waals surface area contributed by atoms with Crippen LogP contribution < -0.4 is 0 Å². The first kappa shape index (κ1) is 12.4. The third kappa shape index (κ3) is 2.05. The minimum atomic E-state index is -0.604. The lowest BCUT2D eigenvalue weighted by Crippen LogP contribution is -2.28. The number of halogens is 1. The number of benzene rings is 1. The lowest BCUT2D eigenvalue weighted by atomic mass is 10.1. The lowest BCUT2D eigenvalue weighted by molar-refractivity contribution is -0.143. The molecule has 0 radical (unpaired) electrons. The Kier molecular flexibility index (Phi) is 3.15. The van der Waals surface area contributed by atoms with Crippen LogP contribution in [0.2, 0.25) is 0 Å². The highest BCUT2D eigenvalue weighted by molar-refractivity contribution is 5.85. The third-order valence-electron chi connectivity index (χ3n) is 3.89. The maximum Gasteiger partial charge on any atom is 0.311 e. The Morgan fingerprint density at radius 3 is 2.71 bits per heavy atom. The first-order valence-corrected chi connectivity index (χ1v) is 5.70. The minimum Gasteiger partial charge on any atom is -0.481 e. The molecule has 3 rings (SSSR count). The summed E-state index contributed by atoms with van der Waals surface area (Å²) in [6.45, 7) is 2.55. The molecular weight excluding hydrogens is 238 g/mol. The van der Waals surface area contributed by atoms with E-state index >= 15 is 0 Å². The number of fused-ring (bicyclic) bond motifs is 1. The smallest absolute Gasteiger partial charge is 0.311 e. The Morgan fingerprint density at radius 2 is 2.12 bits per heavy atom. The summed E-state index contributed by atoms with van der Waals surface area (Å²) < 4.78 is 0. The van der Waals surface area contributed by atoms with Crippen molar-refractivity contribution in [3.8, 4) is 0 Å². The van der Waals surface area contributed by atoms with Crippen molar-refractivity contribution in [1.82, 2.24) is 4.90 Å². The fourth-order valence-electron chi connectivity index (χ4n) is 2.88. The van der Waals surface area contributed by atoms with E-state index < -0.39 is 11.4 Å². The van der Waals surface area contributed by atoms with Gasteiger partial charge in [-0.15, -0.1) is 12.4 Å². The van der Waals surface area contributed by atoms with E-state index in [0.717, 1.165) is 26.1 Å². The van der Waals surface area contributed by atoms with Gasteiger partial charge in [-0.3, -0.25) is 9.69 Å². The largest absolute Gasteiger partial charge is 0.481 e. The minimum absolute atomic E-state index is 0. The van der Waals surface area contributed by atoms with E-state index in [1.807, 2.05) is 18.2 Å². The molecule has 2 atom stereocenters. The fraction of sp³-hybridized carbons (Fsp3) is 0.462. The third-order valence-corrected chi connectivity index (χ3v) is 3.89. The van der Waals surface area contributed by atoms with Crippen molar-refractivity contribution in [3.05, 3.63) is 35.9 Å². The molecule has 4 heteroatoms. The Bertz CT molecular complexity index is 423. The summed E-state index contributed by atoms with van der Waals surface area (Å²) in [6, 6.07) is 10.2. The van der Waals surface area contributed by atoms with Gasteiger partial charge in [-0.25, -0.2) is 0 Å². The van der Waals surface area contributed by atoms with Crippen molar-refractivity contribution in [3.63, 3.8) is 0 Å². The molecule has 1 aromatic carbocycles. The summed E-state index contributed by atoms with van der Waals surface area (Å²) in [7, 11) is 0. The number of carboxylic acid groups (broad SMARTS) is 1. The molecule has 2 aliphatic rings. The molecule has 1 saturated heterocycles. The van der Waals surface area contributed by atoms with Crippen LogP contribution in [0.5, 0.6) is 0 Å². The van der Waals surface area contributed by atoms with Crippen molar-refractivity contribution < 1.29 is 9.90 Å². The van der Waals surface area contributed by atoms with Crippen molar-refractivity contribution in [2.45, 2.75) is 13.0 Å². The number of aliphatic carboxylic acids is 1. The van der Waals surface area contributed by atoms with E-state index in [9.17, 15) is 9.90 Å². The van der Waals surface area contributed by atoms with Gasteiger partial charge in [-0.1, -0.05) is 30.3 Å². The number of likely N-dealkylation sites (tertiary alicyclic amines) is 1. The van der Waals surface area contributed by atoms with Crippen molar-refractivity contribution >= 4 is 18.4 Å². The Hall–Kier alpha value is -1.06. The predicted molar refractivity (Wildman–Crippen MR) is 67.1 cm³/mol. The van der Waals surface area contributed by atoms with Crippen molar-refractivity contribution in [2.24, 2.45) is 11.3 Å². The number of hydrogen-bond donors (Lipinski definition) is 1. The van der Waals surface area contributed by atoms with E-state index in [1.54, 1.807) is 0 Å². The fourth-order valence-corrected chi connectivity index (χ4v) is 2.88. The van der Waals surface area contributed by atoms with Gasteiger partial charge in [0.15, 0.2) is 0 Å². The molecule has 2 fully saturated rings. The summed E-state index contributed by atoms with van der Waals surface area (Å²) in [5.41, 5.74) is 0.874. The van der Waals surface area contributed by atoms with Crippen LogP contribution in [0.25, 0.3) is 0 Å². The van der Waals surface area contributed by atoms with Gasteiger partial charge >= 0.3 is 5.97 Å². The number of nitrogens with zero attached hydrogens (tertiary/aromatic N) is 1. The quantitative estimate of drug-likeness (QED) is 0.896. The lowest BCUT2D eigenvalue weighted by Gasteiger charge is -2.18. The second-order valence-electron chi connectivity index (χ2n) is 5.02.